The van der Waals surface area contributed by atoms with Crippen molar-refractivity contribution in [2.75, 3.05) is 23.3 Å². The summed E-state index contributed by atoms with van der Waals surface area (Å²) in [4.78, 5) is 2.12. The van der Waals surface area contributed by atoms with E-state index in [1.54, 1.807) is 12.1 Å². The average molecular weight is 357 g/mol. The van der Waals surface area contributed by atoms with Gasteiger partial charge in [0.15, 0.2) is 0 Å². The second kappa shape index (κ2) is 7.71. The van der Waals surface area contributed by atoms with E-state index in [0.29, 0.717) is 31.6 Å². The Morgan fingerprint density at radius 3 is 2.65 bits per heavy atom. The van der Waals surface area contributed by atoms with Crippen LogP contribution in [0, 0.1) is 23.0 Å². The molecule has 2 aromatic rings. The number of rotatable bonds is 4. The van der Waals surface area contributed by atoms with E-state index in [-0.39, 0.29) is 23.5 Å². The summed E-state index contributed by atoms with van der Waals surface area (Å²) in [5.41, 5.74) is 1.94. The number of nitrogens with zero attached hydrogens (tertiary/aromatic N) is 2. The zero-order chi connectivity index (χ0) is 18.7. The predicted octanol–water partition coefficient (Wildman–Crippen LogP) is 3.97. The van der Waals surface area contributed by atoms with Crippen LogP contribution >= 0.6 is 0 Å². The summed E-state index contributed by atoms with van der Waals surface area (Å²) in [6.07, 6.45) is 1.04. The molecule has 2 aromatic carbocycles. The van der Waals surface area contributed by atoms with E-state index >= 15 is 0 Å². The molecule has 1 atom stereocenters. The molecule has 3 rings (SSSR count). The van der Waals surface area contributed by atoms with Gasteiger partial charge in [-0.1, -0.05) is 6.07 Å². The van der Waals surface area contributed by atoms with Crippen molar-refractivity contribution in [1.29, 1.82) is 5.26 Å². The molecule has 0 aliphatic carbocycles. The Morgan fingerprint density at radius 2 is 1.96 bits per heavy atom. The fourth-order valence-electron chi connectivity index (χ4n) is 3.34. The van der Waals surface area contributed by atoms with E-state index in [2.05, 4.69) is 10.2 Å². The number of benzene rings is 2. The summed E-state index contributed by atoms with van der Waals surface area (Å²) in [5, 5.41) is 22.0. The van der Waals surface area contributed by atoms with E-state index < -0.39 is 5.82 Å². The topological polar surface area (TPSA) is 59.3 Å². The molecule has 26 heavy (non-hydrogen) atoms. The smallest absolute Gasteiger partial charge is 0.143 e. The van der Waals surface area contributed by atoms with Crippen molar-refractivity contribution < 1.29 is 13.9 Å². The van der Waals surface area contributed by atoms with E-state index in [0.717, 1.165) is 11.3 Å². The molecule has 1 fully saturated rings. The molecular weight excluding hydrogens is 336 g/mol. The molecule has 0 spiro atoms. The Kier molecular flexibility index (Phi) is 5.38. The van der Waals surface area contributed by atoms with Crippen LogP contribution in [0.3, 0.4) is 0 Å². The number of hydrogen-bond acceptors (Lipinski definition) is 4. The van der Waals surface area contributed by atoms with Crippen molar-refractivity contribution >= 4 is 11.4 Å². The molecule has 2 N–H and O–H groups in total. The minimum Gasteiger partial charge on any atom is -0.393 e. The van der Waals surface area contributed by atoms with Crippen molar-refractivity contribution in [2.24, 2.45) is 0 Å². The fraction of sp³-hybridized carbons (Fsp3) is 0.350. The highest BCUT2D eigenvalue weighted by atomic mass is 19.1. The average Bonchev–Trinajstić information content (AvgIpc) is 2.63. The lowest BCUT2D eigenvalue weighted by atomic mass is 10.0. The van der Waals surface area contributed by atoms with Crippen LogP contribution in [-0.2, 0) is 0 Å². The molecule has 1 saturated heterocycles. The van der Waals surface area contributed by atoms with Gasteiger partial charge in [0.25, 0.3) is 0 Å². The van der Waals surface area contributed by atoms with Crippen molar-refractivity contribution in [2.45, 2.75) is 31.9 Å². The number of nitrogens with one attached hydrogen (secondary N) is 1. The van der Waals surface area contributed by atoms with Crippen LogP contribution < -0.4 is 10.2 Å². The lowest BCUT2D eigenvalue weighted by Gasteiger charge is -2.34. The van der Waals surface area contributed by atoms with Gasteiger partial charge in [-0.2, -0.15) is 5.26 Å². The van der Waals surface area contributed by atoms with Gasteiger partial charge in [-0.3, -0.25) is 0 Å². The second-order valence-electron chi connectivity index (χ2n) is 6.56. The number of nitriles is 1. The molecule has 1 aliphatic heterocycles. The monoisotopic (exact) mass is 357 g/mol. The Bertz CT molecular complexity index is 826. The SMILES string of the molecule is C[C@H](Nc1cccc(F)c1C#N)c1cc(F)ccc1N1CCC(O)CC1. The third-order valence-corrected chi connectivity index (χ3v) is 4.76. The van der Waals surface area contributed by atoms with Gasteiger partial charge in [0, 0.05) is 24.3 Å². The van der Waals surface area contributed by atoms with Crippen LogP contribution in [0.4, 0.5) is 20.2 Å². The molecule has 0 radical (unpaired) electrons. The predicted molar refractivity (Wildman–Crippen MR) is 97.0 cm³/mol. The normalized spacial score (nSPS) is 16.2. The largest absolute Gasteiger partial charge is 0.393 e. The molecule has 0 bridgehead atoms. The molecule has 136 valence electrons. The molecule has 0 saturated carbocycles. The number of aliphatic hydroxyl groups excluding tert-OH is 1. The van der Waals surface area contributed by atoms with Gasteiger partial charge in [-0.05, 0) is 50.1 Å². The molecule has 4 nitrogen and oxygen atoms in total. The van der Waals surface area contributed by atoms with Gasteiger partial charge in [-0.25, -0.2) is 8.78 Å². The van der Waals surface area contributed by atoms with Crippen LogP contribution in [-0.4, -0.2) is 24.3 Å². The Balaban J connectivity index is 1.90. The van der Waals surface area contributed by atoms with Crippen LogP contribution in [0.25, 0.3) is 0 Å². The van der Waals surface area contributed by atoms with Gasteiger partial charge in [0.1, 0.15) is 23.3 Å². The molecule has 6 heteroatoms. The fourth-order valence-corrected chi connectivity index (χ4v) is 3.34. The van der Waals surface area contributed by atoms with E-state index in [1.165, 1.54) is 24.3 Å². The highest BCUT2D eigenvalue weighted by Gasteiger charge is 2.22. The maximum absolute atomic E-state index is 13.9. The highest BCUT2D eigenvalue weighted by molar-refractivity contribution is 5.62. The molecule has 0 amide bonds. The first-order chi connectivity index (χ1) is 12.5. The first-order valence-electron chi connectivity index (χ1n) is 8.67. The zero-order valence-electron chi connectivity index (χ0n) is 14.5. The zero-order valence-corrected chi connectivity index (χ0v) is 14.5. The Morgan fingerprint density at radius 1 is 1.23 bits per heavy atom. The Hall–Kier alpha value is -2.65. The highest BCUT2D eigenvalue weighted by Crippen LogP contribution is 2.32. The molecular formula is C20H21F2N3O. The maximum Gasteiger partial charge on any atom is 0.143 e. The number of anilines is 2. The second-order valence-corrected chi connectivity index (χ2v) is 6.56. The minimum absolute atomic E-state index is 0.0570. The van der Waals surface area contributed by atoms with E-state index in [1.807, 2.05) is 13.0 Å². The molecule has 1 aliphatic rings. The van der Waals surface area contributed by atoms with Gasteiger partial charge in [0.05, 0.1) is 17.8 Å². The van der Waals surface area contributed by atoms with Crippen molar-refractivity contribution in [3.8, 4) is 6.07 Å². The lowest BCUT2D eigenvalue weighted by molar-refractivity contribution is 0.145. The number of aliphatic hydroxyl groups is 1. The minimum atomic E-state index is -0.589. The first-order valence-corrected chi connectivity index (χ1v) is 8.67. The van der Waals surface area contributed by atoms with Gasteiger partial charge in [0.2, 0.25) is 0 Å². The van der Waals surface area contributed by atoms with Gasteiger partial charge >= 0.3 is 0 Å². The summed E-state index contributed by atoms with van der Waals surface area (Å²) in [6.45, 7) is 3.23. The number of halogens is 2. The number of hydrogen-bond donors (Lipinski definition) is 2. The third-order valence-electron chi connectivity index (χ3n) is 4.76. The standard InChI is InChI=1S/C20H21F2N3O/c1-13(24-19-4-2-3-18(22)17(19)12-23)16-11-14(21)5-6-20(16)25-9-7-15(26)8-10-25/h2-6,11,13,15,24,26H,7-10H2,1H3/t13-/m0/s1. The lowest BCUT2D eigenvalue weighted by Crippen LogP contribution is -2.36. The van der Waals surface area contributed by atoms with Crippen LogP contribution in [0.15, 0.2) is 36.4 Å². The van der Waals surface area contributed by atoms with Crippen LogP contribution in [0.1, 0.15) is 36.9 Å². The summed E-state index contributed by atoms with van der Waals surface area (Å²) < 4.78 is 27.7. The third kappa shape index (κ3) is 3.78. The van der Waals surface area contributed by atoms with Gasteiger partial charge < -0.3 is 15.3 Å². The van der Waals surface area contributed by atoms with Crippen molar-refractivity contribution in [3.05, 3.63) is 59.2 Å². The summed E-state index contributed by atoms with van der Waals surface area (Å²) in [6, 6.07) is 10.5. The van der Waals surface area contributed by atoms with E-state index in [9.17, 15) is 19.1 Å². The van der Waals surface area contributed by atoms with E-state index in [4.69, 9.17) is 0 Å². The summed E-state index contributed by atoms with van der Waals surface area (Å²) >= 11 is 0. The quantitative estimate of drug-likeness (QED) is 0.869. The van der Waals surface area contributed by atoms with Gasteiger partial charge in [-0.15, -0.1) is 0 Å². The van der Waals surface area contributed by atoms with Crippen molar-refractivity contribution in [1.82, 2.24) is 0 Å². The molecule has 0 unspecified atom stereocenters. The van der Waals surface area contributed by atoms with Crippen LogP contribution in [0.5, 0.6) is 0 Å². The number of piperidine rings is 1. The maximum atomic E-state index is 13.9. The Labute approximate surface area is 151 Å². The summed E-state index contributed by atoms with van der Waals surface area (Å²) in [5.74, 6) is -0.941. The molecule has 1 heterocycles. The first kappa shape index (κ1) is 18.2. The van der Waals surface area contributed by atoms with Crippen molar-refractivity contribution in [3.63, 3.8) is 0 Å². The molecule has 0 aromatic heterocycles. The van der Waals surface area contributed by atoms with Crippen LogP contribution in [0.2, 0.25) is 0 Å². The summed E-state index contributed by atoms with van der Waals surface area (Å²) in [7, 11) is 0.